The third kappa shape index (κ3) is 19.0. The fourth-order valence-electron chi connectivity index (χ4n) is 2.71. The first-order valence-corrected chi connectivity index (χ1v) is 16.0. The van der Waals surface area contributed by atoms with Gasteiger partial charge in [-0.2, -0.15) is 16.8 Å². The molecule has 55 heavy (non-hydrogen) atoms. The normalized spacial score (nSPS) is 10.2. The van der Waals surface area contributed by atoms with E-state index in [9.17, 15) is 64.8 Å². The largest absolute Gasteiger partial charge is 0.501 e. The van der Waals surface area contributed by atoms with Crippen LogP contribution in [0.5, 0.6) is 23.0 Å². The van der Waals surface area contributed by atoms with E-state index in [0.717, 1.165) is 18.2 Å². The van der Waals surface area contributed by atoms with Gasteiger partial charge >= 0.3 is 35.8 Å². The fraction of sp³-hybridized carbons (Fsp3) is 0.0370. The van der Waals surface area contributed by atoms with E-state index in [-0.39, 0.29) is 24.4 Å². The fourth-order valence-corrected chi connectivity index (χ4v) is 3.26. The number of aromatic hydroxyl groups is 2. The molecule has 10 N–H and O–H groups in total. The van der Waals surface area contributed by atoms with Gasteiger partial charge in [0.2, 0.25) is 11.5 Å². The lowest BCUT2D eigenvalue weighted by atomic mass is 10.1. The quantitative estimate of drug-likeness (QED) is 0.0450. The second kappa shape index (κ2) is 21.7. The number of aromatic carboxylic acids is 4. The first kappa shape index (κ1) is 49.6. The van der Waals surface area contributed by atoms with Crippen molar-refractivity contribution in [3.8, 4) is 23.0 Å². The van der Waals surface area contributed by atoms with E-state index >= 15 is 0 Å². The number of aliphatic carboxylic acids is 2. The predicted molar refractivity (Wildman–Crippen MR) is 170 cm³/mol. The molecule has 298 valence electrons. The summed E-state index contributed by atoms with van der Waals surface area (Å²) in [5, 5.41) is 66.9. The van der Waals surface area contributed by atoms with Crippen LogP contribution in [0, 0.1) is 0 Å². The lowest BCUT2D eigenvalue weighted by molar-refractivity contribution is -0.134. The molecule has 0 heterocycles. The number of carbonyl (C=O) groups excluding carboxylic acids is 2. The molecule has 0 saturated carbocycles. The number of carbonyl (C=O) groups is 8. The van der Waals surface area contributed by atoms with E-state index in [1.54, 1.807) is 0 Å². The summed E-state index contributed by atoms with van der Waals surface area (Å²) in [5.74, 6) is -11.0. The Balaban J connectivity index is 0. The van der Waals surface area contributed by atoms with Crippen molar-refractivity contribution in [1.29, 1.82) is 0 Å². The van der Waals surface area contributed by atoms with E-state index in [0.29, 0.717) is 30.5 Å². The van der Waals surface area contributed by atoms with Gasteiger partial charge in [-0.05, 0) is 18.2 Å². The number of ether oxygens (including phenoxy) is 2. The Hall–Kier alpha value is -7.56. The van der Waals surface area contributed by atoms with Gasteiger partial charge in [-0.25, -0.2) is 28.8 Å². The van der Waals surface area contributed by atoms with Crippen LogP contribution in [0.2, 0.25) is 0 Å². The molecular formula is C27H22O26S2. The Morgan fingerprint density at radius 2 is 0.855 bits per heavy atom. The molecule has 0 aliphatic heterocycles. The molecule has 3 aromatic carbocycles. The first-order chi connectivity index (χ1) is 25.0. The number of carboxylic acid groups (broad SMARTS) is 6. The van der Waals surface area contributed by atoms with Crippen LogP contribution < -0.4 is 20.3 Å². The summed E-state index contributed by atoms with van der Waals surface area (Å²) in [6.07, 6.45) is 1.83. The first-order valence-electron chi connectivity index (χ1n) is 12.7. The van der Waals surface area contributed by atoms with Crippen LogP contribution in [0.4, 0.5) is 0 Å². The van der Waals surface area contributed by atoms with Crippen LogP contribution in [0.25, 0.3) is 0 Å². The smallest absolute Gasteiger partial charge is 0.336 e. The van der Waals surface area contributed by atoms with Crippen LogP contribution in [-0.2, 0) is 39.4 Å². The third-order valence-corrected chi connectivity index (χ3v) is 5.65. The highest BCUT2D eigenvalue weighted by Crippen LogP contribution is 2.30. The molecule has 26 nitrogen and oxygen atoms in total. The molecule has 28 heteroatoms. The zero-order valence-corrected chi connectivity index (χ0v) is 28.1. The van der Waals surface area contributed by atoms with Crippen LogP contribution in [0.1, 0.15) is 41.4 Å². The Labute approximate surface area is 302 Å². The summed E-state index contributed by atoms with van der Waals surface area (Å²) >= 11 is 0. The summed E-state index contributed by atoms with van der Waals surface area (Å²) in [5.41, 5.74) is -4.29. The van der Waals surface area contributed by atoms with E-state index in [1.165, 1.54) is 0 Å². The summed E-state index contributed by atoms with van der Waals surface area (Å²) in [4.78, 5) is 101. The van der Waals surface area contributed by atoms with Gasteiger partial charge in [0.05, 0.1) is 33.4 Å². The van der Waals surface area contributed by atoms with Gasteiger partial charge in [-0.15, -0.1) is 0 Å². The van der Waals surface area contributed by atoms with Crippen LogP contribution >= 0.6 is 0 Å². The average Bonchev–Trinajstić information content (AvgIpc) is 3.06. The highest BCUT2D eigenvalue weighted by atomic mass is 32.2. The number of hydrogen-bond acceptors (Lipinski definition) is 18. The summed E-state index contributed by atoms with van der Waals surface area (Å²) in [6, 6.07) is 3.69. The molecule has 0 radical (unpaired) electrons. The van der Waals surface area contributed by atoms with Gasteiger partial charge < -0.3 is 50.3 Å². The number of rotatable bonds is 11. The van der Waals surface area contributed by atoms with Crippen LogP contribution in [0.3, 0.4) is 0 Å². The van der Waals surface area contributed by atoms with Gasteiger partial charge in [0.25, 0.3) is 44.0 Å². The Morgan fingerprint density at radius 1 is 0.564 bits per heavy atom. The second-order valence-electron chi connectivity index (χ2n) is 8.81. The molecule has 3 rings (SSSR count). The molecule has 0 saturated heterocycles. The molecule has 0 fully saturated rings. The van der Waals surface area contributed by atoms with Crippen molar-refractivity contribution in [2.45, 2.75) is 4.90 Å². The maximum atomic E-state index is 10.8. The molecule has 0 bridgehead atoms. The van der Waals surface area contributed by atoms with E-state index in [4.69, 9.17) is 50.0 Å². The van der Waals surface area contributed by atoms with Gasteiger partial charge in [0, 0.05) is 24.3 Å². The molecule has 0 aliphatic carbocycles. The van der Waals surface area contributed by atoms with Crippen molar-refractivity contribution in [2.24, 2.45) is 0 Å². The van der Waals surface area contributed by atoms with Gasteiger partial charge in [-0.1, -0.05) is 0 Å². The number of benzene rings is 2. The molecule has 0 spiro atoms. The standard InChI is InChI=1S/C10H6O8.C8H6O7S.C4H2O4.C4H4O4.CH4O3S/c11-3-17-7-1-5(9(13)14)6(10(15)16)2-8(7)18-4-12;9-7(10)4-1-5(8(11)12)3-6(2-4)16(13,14)15;5-1-2(6)4(8)3(1)7;5-3(6)1-2-4(7)8;1-5(2,3)4/h1-4H,(H,13,14)(H,15,16);1-3H,(H,9,10)(H,11,12)(H,13,14,15);5-6H;1-2H,(H,5,6)(H,7,8);1H3,(H,2,3,4)/b;;;2-1-;. The van der Waals surface area contributed by atoms with Crippen molar-refractivity contribution in [3.63, 3.8) is 0 Å². The zero-order valence-electron chi connectivity index (χ0n) is 26.5. The van der Waals surface area contributed by atoms with E-state index < -0.39 is 106 Å². The van der Waals surface area contributed by atoms with Gasteiger partial charge in [-0.3, -0.25) is 28.3 Å². The SMILES string of the molecule is CS(=O)(=O)O.O=C(O)/C=C\C(=O)O.O=C(O)c1cc(C(=O)O)cc(S(=O)(=O)O)c1.O=COc1cc(C(=O)O)c(C(=O)O)cc1OC=O.O=c1c(O)c(O)c1=O. The van der Waals surface area contributed by atoms with Crippen LogP contribution in [-0.4, -0.2) is 122 Å². The maximum Gasteiger partial charge on any atom is 0.336 e. The Kier molecular flexibility index (Phi) is 19.6. The summed E-state index contributed by atoms with van der Waals surface area (Å²) in [6.45, 7) is -0.0296. The summed E-state index contributed by atoms with van der Waals surface area (Å²) in [7, 11) is -8.31. The Morgan fingerprint density at radius 3 is 1.04 bits per heavy atom. The monoisotopic (exact) mass is 826 g/mol. The molecule has 0 amide bonds. The molecule has 0 aliphatic rings. The predicted octanol–water partition coefficient (Wildman–Crippen LogP) is -1.61. The van der Waals surface area contributed by atoms with Crippen LogP contribution in [0.15, 0.2) is 57.0 Å². The van der Waals surface area contributed by atoms with Crippen molar-refractivity contribution in [3.05, 3.63) is 85.2 Å². The van der Waals surface area contributed by atoms with Gasteiger partial charge in [0.1, 0.15) is 0 Å². The lowest BCUT2D eigenvalue weighted by Crippen LogP contribution is -2.28. The topological polar surface area (TPSA) is 460 Å². The minimum absolute atomic E-state index is 0.0148. The molecule has 0 unspecified atom stereocenters. The van der Waals surface area contributed by atoms with Gasteiger partial charge in [0.15, 0.2) is 11.5 Å². The number of hydrogen-bond donors (Lipinski definition) is 10. The molecule has 0 atom stereocenters. The highest BCUT2D eigenvalue weighted by Gasteiger charge is 2.22. The average molecular weight is 827 g/mol. The third-order valence-electron chi connectivity index (χ3n) is 4.82. The number of carboxylic acids is 6. The zero-order chi connectivity index (χ0) is 43.6. The minimum atomic E-state index is -4.64. The molecule has 0 aromatic heterocycles. The molecular weight excluding hydrogens is 804 g/mol. The van der Waals surface area contributed by atoms with Crippen molar-refractivity contribution < 1.29 is 115 Å². The van der Waals surface area contributed by atoms with Crippen molar-refractivity contribution in [2.75, 3.05) is 6.26 Å². The van der Waals surface area contributed by atoms with E-state index in [2.05, 4.69) is 9.47 Å². The molecule has 3 aromatic rings. The highest BCUT2D eigenvalue weighted by molar-refractivity contribution is 7.85. The second-order valence-corrected chi connectivity index (χ2v) is 11.7. The Bertz CT molecular complexity index is 2160. The summed E-state index contributed by atoms with van der Waals surface area (Å²) < 4.78 is 64.8. The maximum absolute atomic E-state index is 10.8. The van der Waals surface area contributed by atoms with Crippen molar-refractivity contribution in [1.82, 2.24) is 0 Å². The van der Waals surface area contributed by atoms with Crippen molar-refractivity contribution >= 4 is 69.0 Å². The lowest BCUT2D eigenvalue weighted by Gasteiger charge is -2.08. The minimum Gasteiger partial charge on any atom is -0.501 e. The van der Waals surface area contributed by atoms with E-state index in [1.807, 2.05) is 0 Å².